The van der Waals surface area contributed by atoms with Gasteiger partial charge in [-0.15, -0.1) is 0 Å². The summed E-state index contributed by atoms with van der Waals surface area (Å²) < 4.78 is 26.3. The van der Waals surface area contributed by atoms with Gasteiger partial charge in [0.2, 0.25) is 10.0 Å². The van der Waals surface area contributed by atoms with Crippen LogP contribution in [0.15, 0.2) is 29.2 Å². The maximum Gasteiger partial charge on any atom is 0.243 e. The van der Waals surface area contributed by atoms with Crippen LogP contribution in [0.25, 0.3) is 0 Å². The number of benzene rings is 1. The Morgan fingerprint density at radius 1 is 1.33 bits per heavy atom. The molecule has 1 aliphatic rings. The van der Waals surface area contributed by atoms with Gasteiger partial charge in [0, 0.05) is 19.7 Å². The van der Waals surface area contributed by atoms with Crippen molar-refractivity contribution >= 4 is 10.0 Å². The number of nitrogens with zero attached hydrogens (tertiary/aromatic N) is 1. The van der Waals surface area contributed by atoms with Crippen LogP contribution in [0.4, 0.5) is 0 Å². The zero-order valence-electron chi connectivity index (χ0n) is 10.5. The molecule has 0 unspecified atom stereocenters. The minimum absolute atomic E-state index is 0.0555. The van der Waals surface area contributed by atoms with Gasteiger partial charge < -0.3 is 5.11 Å². The average Bonchev–Trinajstić information content (AvgIpc) is 2.39. The van der Waals surface area contributed by atoms with E-state index in [-0.39, 0.29) is 12.5 Å². The van der Waals surface area contributed by atoms with E-state index in [0.717, 1.165) is 18.4 Å². The Morgan fingerprint density at radius 2 is 2.00 bits per heavy atom. The third-order valence-corrected chi connectivity index (χ3v) is 5.28. The molecule has 0 bridgehead atoms. The maximum atomic E-state index is 12.4. The monoisotopic (exact) mass is 269 g/mol. The van der Waals surface area contributed by atoms with Crippen molar-refractivity contribution in [3.05, 3.63) is 29.8 Å². The predicted molar refractivity (Wildman–Crippen MR) is 69.7 cm³/mol. The number of aliphatic hydroxyl groups excluding tert-OH is 1. The number of sulfonamides is 1. The Bertz CT molecular complexity index is 495. The number of hydrogen-bond acceptors (Lipinski definition) is 3. The van der Waals surface area contributed by atoms with E-state index in [1.54, 1.807) is 24.3 Å². The molecule has 5 heteroatoms. The zero-order valence-corrected chi connectivity index (χ0v) is 11.4. The van der Waals surface area contributed by atoms with Gasteiger partial charge in [0.1, 0.15) is 0 Å². The fourth-order valence-corrected chi connectivity index (χ4v) is 3.81. The maximum absolute atomic E-state index is 12.4. The molecule has 0 aliphatic carbocycles. The van der Waals surface area contributed by atoms with Crippen molar-refractivity contribution in [2.75, 3.05) is 19.7 Å². The quantitative estimate of drug-likeness (QED) is 0.902. The number of aryl methyl sites for hydroxylation is 1. The van der Waals surface area contributed by atoms with E-state index in [1.165, 1.54) is 4.31 Å². The minimum Gasteiger partial charge on any atom is -0.396 e. The van der Waals surface area contributed by atoms with Crippen molar-refractivity contribution in [1.82, 2.24) is 4.31 Å². The molecule has 1 aromatic carbocycles. The van der Waals surface area contributed by atoms with Gasteiger partial charge in [-0.2, -0.15) is 4.31 Å². The van der Waals surface area contributed by atoms with Crippen LogP contribution in [0.1, 0.15) is 18.4 Å². The van der Waals surface area contributed by atoms with Gasteiger partial charge in [-0.3, -0.25) is 0 Å². The fourth-order valence-electron chi connectivity index (χ4n) is 2.25. The molecule has 1 N–H and O–H groups in total. The van der Waals surface area contributed by atoms with E-state index in [0.29, 0.717) is 18.0 Å². The second-order valence-electron chi connectivity index (χ2n) is 4.87. The molecule has 1 atom stereocenters. The van der Waals surface area contributed by atoms with Gasteiger partial charge in [-0.25, -0.2) is 8.42 Å². The second-order valence-corrected chi connectivity index (χ2v) is 6.80. The van der Waals surface area contributed by atoms with E-state index >= 15 is 0 Å². The van der Waals surface area contributed by atoms with E-state index in [2.05, 4.69) is 0 Å². The van der Waals surface area contributed by atoms with Gasteiger partial charge in [0.25, 0.3) is 0 Å². The Morgan fingerprint density at radius 3 is 2.61 bits per heavy atom. The highest BCUT2D eigenvalue weighted by atomic mass is 32.2. The molecule has 18 heavy (non-hydrogen) atoms. The average molecular weight is 269 g/mol. The van der Waals surface area contributed by atoms with E-state index in [1.807, 2.05) is 6.92 Å². The number of aliphatic hydroxyl groups is 1. The summed E-state index contributed by atoms with van der Waals surface area (Å²) in [4.78, 5) is 0.340. The highest BCUT2D eigenvalue weighted by Crippen LogP contribution is 2.23. The summed E-state index contributed by atoms with van der Waals surface area (Å²) in [5.41, 5.74) is 1.04. The molecule has 100 valence electrons. The van der Waals surface area contributed by atoms with Crippen LogP contribution in [0.3, 0.4) is 0 Å². The summed E-state index contributed by atoms with van der Waals surface area (Å²) in [5.74, 6) is 0.0685. The van der Waals surface area contributed by atoms with Crippen LogP contribution in [0, 0.1) is 12.8 Å². The van der Waals surface area contributed by atoms with Crippen molar-refractivity contribution in [3.8, 4) is 0 Å². The summed E-state index contributed by atoms with van der Waals surface area (Å²) in [6.07, 6.45) is 1.72. The summed E-state index contributed by atoms with van der Waals surface area (Å²) in [7, 11) is -3.40. The SMILES string of the molecule is Cc1ccc(S(=O)(=O)N2CCC[C@H](CO)C2)cc1. The third kappa shape index (κ3) is 2.74. The van der Waals surface area contributed by atoms with Crippen molar-refractivity contribution < 1.29 is 13.5 Å². The lowest BCUT2D eigenvalue weighted by Crippen LogP contribution is -2.40. The van der Waals surface area contributed by atoms with E-state index < -0.39 is 10.0 Å². The van der Waals surface area contributed by atoms with Gasteiger partial charge in [-0.05, 0) is 37.8 Å². The summed E-state index contributed by atoms with van der Waals surface area (Å²) in [6.45, 7) is 2.96. The molecule has 1 heterocycles. The van der Waals surface area contributed by atoms with Crippen LogP contribution in [-0.4, -0.2) is 37.5 Å². The topological polar surface area (TPSA) is 57.6 Å². The number of piperidine rings is 1. The van der Waals surface area contributed by atoms with Crippen LogP contribution in [0.2, 0.25) is 0 Å². The molecule has 1 fully saturated rings. The molecular formula is C13H19NO3S. The molecule has 0 radical (unpaired) electrons. The van der Waals surface area contributed by atoms with Gasteiger partial charge in [0.05, 0.1) is 4.90 Å². The number of rotatable bonds is 3. The molecule has 1 saturated heterocycles. The van der Waals surface area contributed by atoms with Crippen molar-refractivity contribution in [2.24, 2.45) is 5.92 Å². The third-order valence-electron chi connectivity index (χ3n) is 3.40. The molecule has 1 aliphatic heterocycles. The fraction of sp³-hybridized carbons (Fsp3) is 0.538. The van der Waals surface area contributed by atoms with Crippen molar-refractivity contribution in [1.29, 1.82) is 0 Å². The van der Waals surface area contributed by atoms with E-state index in [9.17, 15) is 8.42 Å². The summed E-state index contributed by atoms with van der Waals surface area (Å²) >= 11 is 0. The molecule has 0 aromatic heterocycles. The van der Waals surface area contributed by atoms with Crippen LogP contribution in [0.5, 0.6) is 0 Å². The Balaban J connectivity index is 2.22. The summed E-state index contributed by atoms with van der Waals surface area (Å²) in [5, 5.41) is 9.16. The zero-order chi connectivity index (χ0) is 13.2. The van der Waals surface area contributed by atoms with Gasteiger partial charge in [0.15, 0.2) is 0 Å². The Labute approximate surface area is 108 Å². The molecule has 0 amide bonds. The minimum atomic E-state index is -3.40. The highest BCUT2D eigenvalue weighted by molar-refractivity contribution is 7.89. The molecule has 4 nitrogen and oxygen atoms in total. The first-order valence-corrected chi connectivity index (χ1v) is 7.65. The van der Waals surface area contributed by atoms with Gasteiger partial charge in [-0.1, -0.05) is 17.7 Å². The first-order valence-electron chi connectivity index (χ1n) is 6.21. The second kappa shape index (κ2) is 5.38. The lowest BCUT2D eigenvalue weighted by molar-refractivity contribution is 0.165. The van der Waals surface area contributed by atoms with Gasteiger partial charge >= 0.3 is 0 Å². The molecule has 1 aromatic rings. The molecule has 0 spiro atoms. The summed E-state index contributed by atoms with van der Waals surface area (Å²) in [6, 6.07) is 6.90. The normalized spacial score (nSPS) is 22.0. The van der Waals surface area contributed by atoms with Crippen LogP contribution in [-0.2, 0) is 10.0 Å². The first-order chi connectivity index (χ1) is 8.54. The van der Waals surface area contributed by atoms with E-state index in [4.69, 9.17) is 5.11 Å². The number of hydrogen-bond donors (Lipinski definition) is 1. The highest BCUT2D eigenvalue weighted by Gasteiger charge is 2.29. The first kappa shape index (κ1) is 13.5. The largest absolute Gasteiger partial charge is 0.396 e. The Kier molecular flexibility index (Phi) is 4.04. The Hall–Kier alpha value is -0.910. The van der Waals surface area contributed by atoms with Crippen LogP contribution >= 0.6 is 0 Å². The molecular weight excluding hydrogens is 250 g/mol. The standard InChI is InChI=1S/C13H19NO3S/c1-11-4-6-13(7-5-11)18(16,17)14-8-2-3-12(9-14)10-15/h4-7,12,15H,2-3,8-10H2,1H3/t12-/m0/s1. The van der Waals surface area contributed by atoms with Crippen molar-refractivity contribution in [2.45, 2.75) is 24.7 Å². The lowest BCUT2D eigenvalue weighted by Gasteiger charge is -2.30. The smallest absolute Gasteiger partial charge is 0.243 e. The molecule has 0 saturated carbocycles. The van der Waals surface area contributed by atoms with Crippen molar-refractivity contribution in [3.63, 3.8) is 0 Å². The molecule has 2 rings (SSSR count). The lowest BCUT2D eigenvalue weighted by atomic mass is 10.0. The van der Waals surface area contributed by atoms with Crippen LogP contribution < -0.4 is 0 Å². The predicted octanol–water partition coefficient (Wildman–Crippen LogP) is 1.39.